The second-order valence-corrected chi connectivity index (χ2v) is 5.17. The molecule has 118 valence electrons. The molecule has 7 heteroatoms. The zero-order valence-electron chi connectivity index (χ0n) is 12.7. The summed E-state index contributed by atoms with van der Waals surface area (Å²) in [4.78, 5) is 16.1. The number of para-hydroxylation sites is 1. The van der Waals surface area contributed by atoms with Crippen molar-refractivity contribution in [2.75, 3.05) is 19.0 Å². The number of benzene rings is 1. The van der Waals surface area contributed by atoms with E-state index in [2.05, 4.69) is 10.3 Å². The van der Waals surface area contributed by atoms with Crippen LogP contribution in [0.1, 0.15) is 12.5 Å². The second-order valence-electron chi connectivity index (χ2n) is 4.27. The minimum atomic E-state index is -0.522. The molecular weight excluding hydrogens is 314 g/mol. The number of hydrogen-bond donors (Lipinski definition) is 1. The van der Waals surface area contributed by atoms with Gasteiger partial charge >= 0.3 is 0 Å². The Morgan fingerprint density at radius 2 is 2.35 bits per heavy atom. The number of aromatic nitrogens is 1. The van der Waals surface area contributed by atoms with Crippen LogP contribution in [0.4, 0.5) is 5.13 Å². The molecule has 0 saturated heterocycles. The Balaban J connectivity index is 2.32. The summed E-state index contributed by atoms with van der Waals surface area (Å²) in [6.07, 6.45) is 3.04. The molecule has 0 fully saturated rings. The molecular formula is C16H15N3O3S. The van der Waals surface area contributed by atoms with Crippen LogP contribution in [0.2, 0.25) is 0 Å². The Bertz CT molecular complexity index is 748. The second kappa shape index (κ2) is 7.96. The number of hydrogen-bond acceptors (Lipinski definition) is 6. The van der Waals surface area contributed by atoms with Crippen molar-refractivity contribution in [2.24, 2.45) is 0 Å². The van der Waals surface area contributed by atoms with Crippen LogP contribution in [0, 0.1) is 11.3 Å². The highest BCUT2D eigenvalue weighted by Gasteiger charge is 2.14. The van der Waals surface area contributed by atoms with Gasteiger partial charge in [0, 0.05) is 17.1 Å². The summed E-state index contributed by atoms with van der Waals surface area (Å²) in [6, 6.07) is 7.18. The van der Waals surface area contributed by atoms with Gasteiger partial charge in [-0.05, 0) is 19.1 Å². The minimum Gasteiger partial charge on any atom is -0.492 e. The first kappa shape index (κ1) is 16.5. The number of carbonyl (C=O) groups is 1. The van der Waals surface area contributed by atoms with Gasteiger partial charge in [0.25, 0.3) is 5.91 Å². The molecule has 2 aromatic rings. The van der Waals surface area contributed by atoms with Gasteiger partial charge in [0.05, 0.1) is 13.7 Å². The van der Waals surface area contributed by atoms with E-state index in [1.165, 1.54) is 24.5 Å². The Labute approximate surface area is 138 Å². The van der Waals surface area contributed by atoms with Crippen LogP contribution >= 0.6 is 11.3 Å². The van der Waals surface area contributed by atoms with Crippen molar-refractivity contribution in [3.8, 4) is 17.6 Å². The predicted molar refractivity (Wildman–Crippen MR) is 88.5 cm³/mol. The maximum absolute atomic E-state index is 12.1. The number of thiazole rings is 1. The SMILES string of the molecule is CCOc1cccc(/C=C(\C#N)C(=O)Nc2nccs2)c1OC. The molecule has 6 nitrogen and oxygen atoms in total. The normalized spacial score (nSPS) is 10.7. The molecule has 1 amide bonds. The van der Waals surface area contributed by atoms with Crippen molar-refractivity contribution in [1.82, 2.24) is 4.98 Å². The van der Waals surface area contributed by atoms with E-state index >= 15 is 0 Å². The fourth-order valence-electron chi connectivity index (χ4n) is 1.89. The molecule has 0 atom stereocenters. The maximum atomic E-state index is 12.1. The van der Waals surface area contributed by atoms with Crippen LogP contribution in [0.15, 0.2) is 35.3 Å². The first-order chi connectivity index (χ1) is 11.2. The summed E-state index contributed by atoms with van der Waals surface area (Å²) < 4.78 is 10.8. The standard InChI is InChI=1S/C16H15N3O3S/c1-3-22-13-6-4-5-11(14(13)21-2)9-12(10-17)15(20)19-16-18-7-8-23-16/h4-9H,3H2,1-2H3,(H,18,19,20)/b12-9+. The Morgan fingerprint density at radius 3 is 2.96 bits per heavy atom. The Kier molecular flexibility index (Phi) is 5.72. The molecule has 2 rings (SSSR count). The predicted octanol–water partition coefficient (Wildman–Crippen LogP) is 3.10. The van der Waals surface area contributed by atoms with Crippen LogP contribution in [-0.2, 0) is 4.79 Å². The van der Waals surface area contributed by atoms with Gasteiger partial charge in [0.2, 0.25) is 0 Å². The molecule has 0 aliphatic carbocycles. The van der Waals surface area contributed by atoms with Gasteiger partial charge < -0.3 is 9.47 Å². The lowest BCUT2D eigenvalue weighted by Gasteiger charge is -2.11. The van der Waals surface area contributed by atoms with Gasteiger partial charge in [-0.1, -0.05) is 12.1 Å². The summed E-state index contributed by atoms with van der Waals surface area (Å²) in [5.74, 6) is 0.511. The molecule has 23 heavy (non-hydrogen) atoms. The molecule has 0 radical (unpaired) electrons. The molecule has 0 bridgehead atoms. The van der Waals surface area contributed by atoms with E-state index in [0.717, 1.165) is 0 Å². The number of ether oxygens (including phenoxy) is 2. The Hall–Kier alpha value is -2.85. The van der Waals surface area contributed by atoms with Crippen molar-refractivity contribution < 1.29 is 14.3 Å². The summed E-state index contributed by atoms with van der Waals surface area (Å²) in [5.41, 5.74) is 0.538. The highest BCUT2D eigenvalue weighted by Crippen LogP contribution is 2.32. The van der Waals surface area contributed by atoms with E-state index in [9.17, 15) is 10.1 Å². The monoisotopic (exact) mass is 329 g/mol. The number of methoxy groups -OCH3 is 1. The van der Waals surface area contributed by atoms with Gasteiger partial charge in [-0.25, -0.2) is 4.98 Å². The van der Waals surface area contributed by atoms with Gasteiger partial charge in [0.1, 0.15) is 11.6 Å². The lowest BCUT2D eigenvalue weighted by Crippen LogP contribution is -2.13. The molecule has 0 saturated carbocycles. The zero-order valence-corrected chi connectivity index (χ0v) is 13.5. The van der Waals surface area contributed by atoms with Crippen LogP contribution in [0.5, 0.6) is 11.5 Å². The molecule has 1 N–H and O–H groups in total. The van der Waals surface area contributed by atoms with E-state index in [4.69, 9.17) is 9.47 Å². The summed E-state index contributed by atoms with van der Waals surface area (Å²) in [5, 5.41) is 14.0. The number of anilines is 1. The third-order valence-electron chi connectivity index (χ3n) is 2.83. The molecule has 1 aromatic carbocycles. The third kappa shape index (κ3) is 4.08. The van der Waals surface area contributed by atoms with Crippen LogP contribution < -0.4 is 14.8 Å². The van der Waals surface area contributed by atoms with Crippen molar-refractivity contribution in [3.05, 3.63) is 40.9 Å². The van der Waals surface area contributed by atoms with Crippen molar-refractivity contribution in [2.45, 2.75) is 6.92 Å². The lowest BCUT2D eigenvalue weighted by molar-refractivity contribution is -0.112. The fraction of sp³-hybridized carbons (Fsp3) is 0.188. The lowest BCUT2D eigenvalue weighted by atomic mass is 10.1. The number of amides is 1. The molecule has 1 aromatic heterocycles. The van der Waals surface area contributed by atoms with Gasteiger partial charge in [-0.3, -0.25) is 10.1 Å². The number of nitrogens with one attached hydrogen (secondary N) is 1. The molecule has 0 aliphatic rings. The largest absolute Gasteiger partial charge is 0.492 e. The Morgan fingerprint density at radius 1 is 1.52 bits per heavy atom. The smallest absolute Gasteiger partial charge is 0.268 e. The van der Waals surface area contributed by atoms with Crippen molar-refractivity contribution in [1.29, 1.82) is 5.26 Å². The van der Waals surface area contributed by atoms with Gasteiger partial charge in [0.15, 0.2) is 16.6 Å². The molecule has 0 aliphatic heterocycles. The van der Waals surface area contributed by atoms with Crippen LogP contribution in [0.25, 0.3) is 6.08 Å². The number of carbonyl (C=O) groups excluding carboxylic acids is 1. The number of nitriles is 1. The minimum absolute atomic E-state index is 0.0489. The average molecular weight is 329 g/mol. The van der Waals surface area contributed by atoms with Crippen molar-refractivity contribution >= 4 is 28.5 Å². The highest BCUT2D eigenvalue weighted by molar-refractivity contribution is 7.13. The molecule has 0 spiro atoms. The fourth-order valence-corrected chi connectivity index (χ4v) is 2.41. The number of rotatable bonds is 6. The zero-order chi connectivity index (χ0) is 16.7. The van der Waals surface area contributed by atoms with E-state index in [1.54, 1.807) is 29.8 Å². The topological polar surface area (TPSA) is 84.2 Å². The first-order valence-corrected chi connectivity index (χ1v) is 7.70. The quantitative estimate of drug-likeness (QED) is 0.650. The number of nitrogens with zero attached hydrogens (tertiary/aromatic N) is 2. The van der Waals surface area contributed by atoms with Crippen molar-refractivity contribution in [3.63, 3.8) is 0 Å². The van der Waals surface area contributed by atoms with E-state index in [-0.39, 0.29) is 5.57 Å². The van der Waals surface area contributed by atoms with Gasteiger partial charge in [-0.2, -0.15) is 5.26 Å². The first-order valence-electron chi connectivity index (χ1n) is 6.82. The maximum Gasteiger partial charge on any atom is 0.268 e. The van der Waals surface area contributed by atoms with E-state index < -0.39 is 5.91 Å². The van der Waals surface area contributed by atoms with Crippen LogP contribution in [0.3, 0.4) is 0 Å². The highest BCUT2D eigenvalue weighted by atomic mass is 32.1. The summed E-state index contributed by atoms with van der Waals surface area (Å²) in [7, 11) is 1.51. The third-order valence-corrected chi connectivity index (χ3v) is 3.52. The molecule has 0 unspecified atom stereocenters. The summed E-state index contributed by atoms with van der Waals surface area (Å²) in [6.45, 7) is 2.35. The van der Waals surface area contributed by atoms with E-state index in [1.807, 2.05) is 13.0 Å². The van der Waals surface area contributed by atoms with Gasteiger partial charge in [-0.15, -0.1) is 11.3 Å². The summed E-state index contributed by atoms with van der Waals surface area (Å²) >= 11 is 1.28. The van der Waals surface area contributed by atoms with E-state index in [0.29, 0.717) is 28.8 Å². The average Bonchev–Trinajstić information content (AvgIpc) is 3.05. The van der Waals surface area contributed by atoms with Crippen LogP contribution in [-0.4, -0.2) is 24.6 Å². The molecule has 1 heterocycles.